The van der Waals surface area contributed by atoms with Crippen LogP contribution in [-0.4, -0.2) is 40.0 Å². The number of alkyl carbamates (subject to hydrolysis) is 1. The van der Waals surface area contributed by atoms with Crippen LogP contribution in [0.4, 0.5) is 4.79 Å². The van der Waals surface area contributed by atoms with Gasteiger partial charge in [-0.2, -0.15) is 0 Å². The minimum absolute atomic E-state index is 0.0234. The van der Waals surface area contributed by atoms with Crippen LogP contribution in [-0.2, 0) is 4.74 Å². The Morgan fingerprint density at radius 3 is 2.40 bits per heavy atom. The van der Waals surface area contributed by atoms with Crippen molar-refractivity contribution in [1.82, 2.24) is 5.32 Å². The molecular formula is C23H27NO6. The highest BCUT2D eigenvalue weighted by molar-refractivity contribution is 6.27. The average molecular weight is 413 g/mol. The number of hydrogen-bond acceptors (Lipinski definition) is 6. The second kappa shape index (κ2) is 9.15. The van der Waals surface area contributed by atoms with Gasteiger partial charge in [-0.1, -0.05) is 30.9 Å². The summed E-state index contributed by atoms with van der Waals surface area (Å²) in [6, 6.07) is 2.35. The third kappa shape index (κ3) is 4.72. The summed E-state index contributed by atoms with van der Waals surface area (Å²) in [4.78, 5) is 38.2. The highest BCUT2D eigenvalue weighted by atomic mass is 16.6. The number of benzene rings is 1. The number of nitrogens with one attached hydrogen (secondary N) is 1. The number of aromatic hydroxyl groups is 2. The van der Waals surface area contributed by atoms with E-state index in [1.807, 2.05) is 19.9 Å². The lowest BCUT2D eigenvalue weighted by atomic mass is 9.85. The van der Waals surface area contributed by atoms with Crippen molar-refractivity contribution in [2.45, 2.75) is 64.5 Å². The van der Waals surface area contributed by atoms with Crippen LogP contribution in [0.15, 0.2) is 35.4 Å². The van der Waals surface area contributed by atoms with Gasteiger partial charge in [0, 0.05) is 18.0 Å². The van der Waals surface area contributed by atoms with Crippen molar-refractivity contribution in [3.63, 3.8) is 0 Å². The van der Waals surface area contributed by atoms with Gasteiger partial charge in [-0.3, -0.25) is 9.59 Å². The highest BCUT2D eigenvalue weighted by Crippen LogP contribution is 2.36. The molecule has 0 aromatic heterocycles. The molecule has 0 bridgehead atoms. The van der Waals surface area contributed by atoms with Gasteiger partial charge in [0.1, 0.15) is 17.6 Å². The molecule has 1 fully saturated rings. The number of ether oxygens (including phenoxy) is 1. The van der Waals surface area contributed by atoms with Crippen LogP contribution in [0.25, 0.3) is 0 Å². The van der Waals surface area contributed by atoms with Crippen LogP contribution >= 0.6 is 0 Å². The molecule has 0 heterocycles. The first-order valence-electron chi connectivity index (χ1n) is 10.2. The van der Waals surface area contributed by atoms with Crippen molar-refractivity contribution in [3.05, 3.63) is 46.6 Å². The molecule has 1 saturated carbocycles. The van der Waals surface area contributed by atoms with Gasteiger partial charge < -0.3 is 20.3 Å². The van der Waals surface area contributed by atoms with E-state index in [1.54, 1.807) is 0 Å². The molecule has 2 aliphatic rings. The topological polar surface area (TPSA) is 113 Å². The molecule has 7 heteroatoms. The normalized spacial score (nSPS) is 17.6. The first-order valence-corrected chi connectivity index (χ1v) is 10.2. The first-order chi connectivity index (χ1) is 14.3. The van der Waals surface area contributed by atoms with Gasteiger partial charge in [0.05, 0.1) is 11.1 Å². The molecule has 1 atom stereocenters. The van der Waals surface area contributed by atoms with Gasteiger partial charge in [-0.05, 0) is 44.9 Å². The monoisotopic (exact) mass is 413 g/mol. The highest BCUT2D eigenvalue weighted by Gasteiger charge is 2.36. The number of fused-ring (bicyclic) bond motifs is 1. The lowest BCUT2D eigenvalue weighted by Crippen LogP contribution is -2.39. The number of amides is 1. The second-order valence-corrected chi connectivity index (χ2v) is 8.04. The van der Waals surface area contributed by atoms with E-state index >= 15 is 0 Å². The summed E-state index contributed by atoms with van der Waals surface area (Å²) >= 11 is 0. The van der Waals surface area contributed by atoms with E-state index in [4.69, 9.17) is 4.74 Å². The molecule has 0 aliphatic heterocycles. The van der Waals surface area contributed by atoms with Crippen LogP contribution in [0, 0.1) is 0 Å². The predicted molar refractivity (Wildman–Crippen MR) is 111 cm³/mol. The smallest absolute Gasteiger partial charge is 0.407 e. The molecule has 1 aromatic rings. The number of hydrogen-bond donors (Lipinski definition) is 3. The summed E-state index contributed by atoms with van der Waals surface area (Å²) in [5.41, 5.74) is 0.435. The van der Waals surface area contributed by atoms with Crippen LogP contribution < -0.4 is 5.32 Å². The number of rotatable bonds is 5. The van der Waals surface area contributed by atoms with E-state index in [-0.39, 0.29) is 34.9 Å². The van der Waals surface area contributed by atoms with Gasteiger partial charge >= 0.3 is 6.09 Å². The molecule has 0 saturated heterocycles. The maximum atomic E-state index is 13.1. The number of ketones is 2. The molecule has 30 heavy (non-hydrogen) atoms. The molecule has 0 spiro atoms. The van der Waals surface area contributed by atoms with Crippen LogP contribution in [0.1, 0.15) is 73.1 Å². The summed E-state index contributed by atoms with van der Waals surface area (Å²) in [5.74, 6) is -2.05. The molecule has 7 nitrogen and oxygen atoms in total. The van der Waals surface area contributed by atoms with E-state index < -0.39 is 29.5 Å². The van der Waals surface area contributed by atoms with Crippen molar-refractivity contribution in [2.75, 3.05) is 0 Å². The van der Waals surface area contributed by atoms with Crippen molar-refractivity contribution in [2.24, 2.45) is 0 Å². The zero-order chi connectivity index (χ0) is 21.8. The quantitative estimate of drug-likeness (QED) is 0.493. The summed E-state index contributed by atoms with van der Waals surface area (Å²) < 4.78 is 5.57. The Labute approximate surface area is 175 Å². The minimum Gasteiger partial charge on any atom is -0.507 e. The van der Waals surface area contributed by atoms with Crippen molar-refractivity contribution >= 4 is 17.7 Å². The molecule has 1 aromatic carbocycles. The molecule has 3 N–H and O–H groups in total. The Kier molecular flexibility index (Phi) is 6.59. The Bertz CT molecular complexity index is 920. The fourth-order valence-electron chi connectivity index (χ4n) is 3.88. The fraction of sp³-hybridized carbons (Fsp3) is 0.435. The number of carbonyl (C=O) groups is 3. The van der Waals surface area contributed by atoms with Gasteiger partial charge in [0.25, 0.3) is 0 Å². The van der Waals surface area contributed by atoms with Crippen LogP contribution in [0.2, 0.25) is 0 Å². The summed E-state index contributed by atoms with van der Waals surface area (Å²) in [7, 11) is 0. The Morgan fingerprint density at radius 2 is 1.77 bits per heavy atom. The van der Waals surface area contributed by atoms with Gasteiger partial charge in [0.15, 0.2) is 11.6 Å². The van der Waals surface area contributed by atoms with Gasteiger partial charge in [0.2, 0.25) is 0 Å². The lowest BCUT2D eigenvalue weighted by molar-refractivity contribution is 0.0879. The number of allylic oxidation sites excluding steroid dienone is 2. The Hall–Kier alpha value is -3.09. The van der Waals surface area contributed by atoms with E-state index in [1.165, 1.54) is 0 Å². The Balaban J connectivity index is 1.87. The average Bonchev–Trinajstić information content (AvgIpc) is 2.70. The zero-order valence-corrected chi connectivity index (χ0v) is 17.2. The number of Topliss-reactive ketones (excluding diaryl/α,β-unsaturated/α-hetero) is 1. The van der Waals surface area contributed by atoms with Crippen LogP contribution in [0.5, 0.6) is 11.5 Å². The van der Waals surface area contributed by atoms with E-state index in [0.29, 0.717) is 0 Å². The molecule has 1 amide bonds. The van der Waals surface area contributed by atoms with Crippen molar-refractivity contribution < 1.29 is 29.3 Å². The van der Waals surface area contributed by atoms with Crippen LogP contribution in [0.3, 0.4) is 0 Å². The van der Waals surface area contributed by atoms with E-state index in [0.717, 1.165) is 55.9 Å². The molecular weight excluding hydrogens is 386 g/mol. The fourth-order valence-corrected chi connectivity index (χ4v) is 3.88. The van der Waals surface area contributed by atoms with Crippen molar-refractivity contribution in [1.29, 1.82) is 0 Å². The largest absolute Gasteiger partial charge is 0.507 e. The molecule has 3 rings (SSSR count). The number of phenols is 2. The predicted octanol–water partition coefficient (Wildman–Crippen LogP) is 4.19. The minimum atomic E-state index is -0.991. The van der Waals surface area contributed by atoms with E-state index in [9.17, 15) is 24.6 Å². The summed E-state index contributed by atoms with van der Waals surface area (Å²) in [6.45, 7) is 3.75. The first kappa shape index (κ1) is 21.6. The third-order valence-electron chi connectivity index (χ3n) is 5.45. The molecule has 1 unspecified atom stereocenters. The zero-order valence-electron chi connectivity index (χ0n) is 17.2. The standard InChI is InChI=1S/C23H27NO6/c1-13(2)8-11-19(30-23(29)24-14-6-4-3-5-7-14)15-12-18(27)20-16(25)9-10-17(26)21(20)22(15)28/h8-10,12,14,19,25-26H,3-7,11H2,1-2H3,(H,24,29). The van der Waals surface area contributed by atoms with Gasteiger partial charge in [-0.25, -0.2) is 4.79 Å². The maximum absolute atomic E-state index is 13.1. The summed E-state index contributed by atoms with van der Waals surface area (Å²) in [6.07, 6.45) is 6.48. The van der Waals surface area contributed by atoms with E-state index in [2.05, 4.69) is 5.32 Å². The molecule has 2 aliphatic carbocycles. The van der Waals surface area contributed by atoms with Crippen molar-refractivity contribution in [3.8, 4) is 11.5 Å². The molecule has 160 valence electrons. The third-order valence-corrected chi connectivity index (χ3v) is 5.45. The maximum Gasteiger partial charge on any atom is 0.407 e. The Morgan fingerprint density at radius 1 is 1.13 bits per heavy atom. The molecule has 0 radical (unpaired) electrons. The second-order valence-electron chi connectivity index (χ2n) is 8.04. The lowest BCUT2D eigenvalue weighted by Gasteiger charge is -2.26. The van der Waals surface area contributed by atoms with Gasteiger partial charge in [-0.15, -0.1) is 0 Å². The SMILES string of the molecule is CC(C)=CCC(OC(=O)NC1CCCCC1)C1=CC(=O)c2c(O)ccc(O)c2C1=O. The number of phenolic OH excluding ortho intramolecular Hbond substituents is 2. The number of carbonyl (C=O) groups excluding carboxylic acids is 3. The summed E-state index contributed by atoms with van der Waals surface area (Å²) in [5, 5.41) is 23.0.